The van der Waals surface area contributed by atoms with Gasteiger partial charge in [-0.3, -0.25) is 4.79 Å². The van der Waals surface area contributed by atoms with Crippen molar-refractivity contribution in [2.75, 3.05) is 6.61 Å². The van der Waals surface area contributed by atoms with Crippen LogP contribution in [-0.2, 0) is 6.18 Å². The van der Waals surface area contributed by atoms with Gasteiger partial charge in [0.1, 0.15) is 5.56 Å². The number of Topliss-reactive ketones (excluding diaryl/α,β-unsaturated/α-hetero) is 1. The van der Waals surface area contributed by atoms with Crippen LogP contribution in [0, 0.1) is 5.82 Å². The summed E-state index contributed by atoms with van der Waals surface area (Å²) in [6.07, 6.45) is -4.72. The van der Waals surface area contributed by atoms with E-state index in [4.69, 9.17) is 0 Å². The first kappa shape index (κ1) is 13.5. The molecule has 0 aliphatic carbocycles. The maximum atomic E-state index is 13.7. The molecule has 0 amide bonds. The predicted molar refractivity (Wildman–Crippen MR) is 52.6 cm³/mol. The van der Waals surface area contributed by atoms with Gasteiger partial charge in [-0.25, -0.2) is 4.39 Å². The van der Waals surface area contributed by atoms with Crippen LogP contribution in [0.5, 0.6) is 5.75 Å². The molecular weight excluding hydrogens is 240 g/mol. The first-order valence-corrected chi connectivity index (χ1v) is 4.82. The quantitative estimate of drug-likeness (QED) is 0.606. The molecular formula is C11H10F4O2. The summed E-state index contributed by atoms with van der Waals surface area (Å²) in [5.74, 6) is -2.85. The number of carbonyl (C=O) groups is 1. The molecule has 6 heteroatoms. The molecule has 0 unspecified atom stereocenters. The number of rotatable bonds is 3. The van der Waals surface area contributed by atoms with Crippen LogP contribution in [0.15, 0.2) is 12.1 Å². The number of alkyl halides is 3. The second-order valence-electron chi connectivity index (χ2n) is 3.29. The molecule has 0 aliphatic rings. The summed E-state index contributed by atoms with van der Waals surface area (Å²) in [5.41, 5.74) is -1.64. The van der Waals surface area contributed by atoms with E-state index in [0.717, 1.165) is 13.0 Å². The molecule has 0 spiro atoms. The van der Waals surface area contributed by atoms with Crippen LogP contribution in [0.1, 0.15) is 29.8 Å². The molecule has 0 atom stereocenters. The highest BCUT2D eigenvalue weighted by atomic mass is 19.4. The van der Waals surface area contributed by atoms with E-state index in [1.54, 1.807) is 0 Å². The van der Waals surface area contributed by atoms with Crippen molar-refractivity contribution in [3.8, 4) is 5.75 Å². The van der Waals surface area contributed by atoms with Gasteiger partial charge in [-0.05, 0) is 26.0 Å². The Morgan fingerprint density at radius 2 is 1.94 bits per heavy atom. The molecule has 0 bridgehead atoms. The van der Waals surface area contributed by atoms with E-state index < -0.39 is 34.7 Å². The van der Waals surface area contributed by atoms with E-state index in [1.165, 1.54) is 6.92 Å². The fourth-order valence-corrected chi connectivity index (χ4v) is 1.34. The third-order valence-corrected chi connectivity index (χ3v) is 2.07. The third-order valence-electron chi connectivity index (χ3n) is 2.07. The van der Waals surface area contributed by atoms with E-state index in [-0.39, 0.29) is 6.61 Å². The van der Waals surface area contributed by atoms with E-state index in [0.29, 0.717) is 6.07 Å². The summed E-state index contributed by atoms with van der Waals surface area (Å²) in [4.78, 5) is 11.0. The molecule has 1 aromatic rings. The zero-order valence-corrected chi connectivity index (χ0v) is 9.19. The van der Waals surface area contributed by atoms with Crippen LogP contribution < -0.4 is 4.74 Å². The van der Waals surface area contributed by atoms with Crippen LogP contribution >= 0.6 is 0 Å². The number of ketones is 1. The Kier molecular flexibility index (Phi) is 3.75. The predicted octanol–water partition coefficient (Wildman–Crippen LogP) is 3.45. The van der Waals surface area contributed by atoms with Gasteiger partial charge < -0.3 is 4.74 Å². The summed E-state index contributed by atoms with van der Waals surface area (Å²) in [5, 5.41) is 0. The number of ether oxygens (including phenoxy) is 1. The summed E-state index contributed by atoms with van der Waals surface area (Å²) in [6.45, 7) is 2.38. The zero-order chi connectivity index (χ0) is 13.2. The van der Waals surface area contributed by atoms with Crippen molar-refractivity contribution in [1.82, 2.24) is 0 Å². The number of hydrogen-bond acceptors (Lipinski definition) is 2. The van der Waals surface area contributed by atoms with Crippen LogP contribution in [0.4, 0.5) is 17.6 Å². The second-order valence-corrected chi connectivity index (χ2v) is 3.29. The topological polar surface area (TPSA) is 26.3 Å². The van der Waals surface area contributed by atoms with Gasteiger partial charge in [-0.15, -0.1) is 0 Å². The Morgan fingerprint density at radius 1 is 1.35 bits per heavy atom. The van der Waals surface area contributed by atoms with Crippen LogP contribution in [0.2, 0.25) is 0 Å². The maximum Gasteiger partial charge on any atom is 0.420 e. The highest BCUT2D eigenvalue weighted by Crippen LogP contribution is 2.38. The first-order valence-electron chi connectivity index (χ1n) is 4.82. The van der Waals surface area contributed by atoms with Crippen molar-refractivity contribution in [3.05, 3.63) is 29.1 Å². The van der Waals surface area contributed by atoms with Crippen molar-refractivity contribution in [2.24, 2.45) is 0 Å². The van der Waals surface area contributed by atoms with Gasteiger partial charge in [-0.2, -0.15) is 13.2 Å². The molecule has 1 rings (SSSR count). The molecule has 0 aliphatic heterocycles. The normalized spacial score (nSPS) is 11.4. The van der Waals surface area contributed by atoms with Gasteiger partial charge in [0.05, 0.1) is 12.2 Å². The Balaban J connectivity index is 3.45. The molecule has 17 heavy (non-hydrogen) atoms. The summed E-state index contributed by atoms with van der Waals surface area (Å²) in [7, 11) is 0. The molecule has 2 nitrogen and oxygen atoms in total. The Morgan fingerprint density at radius 3 is 2.35 bits per heavy atom. The highest BCUT2D eigenvalue weighted by molar-refractivity contribution is 5.94. The summed E-state index contributed by atoms with van der Waals surface area (Å²) < 4.78 is 56.0. The van der Waals surface area contributed by atoms with Gasteiger partial charge in [0.25, 0.3) is 0 Å². The number of hydrogen-bond donors (Lipinski definition) is 0. The van der Waals surface area contributed by atoms with Gasteiger partial charge in [0.2, 0.25) is 0 Å². The Hall–Kier alpha value is -1.59. The molecule has 1 aromatic carbocycles. The van der Waals surface area contributed by atoms with Gasteiger partial charge >= 0.3 is 6.18 Å². The fraction of sp³-hybridized carbons (Fsp3) is 0.364. The lowest BCUT2D eigenvalue weighted by atomic mass is 10.1. The molecule has 0 N–H and O–H groups in total. The monoisotopic (exact) mass is 250 g/mol. The van der Waals surface area contributed by atoms with Crippen molar-refractivity contribution < 1.29 is 27.1 Å². The van der Waals surface area contributed by atoms with E-state index in [9.17, 15) is 22.4 Å². The minimum Gasteiger partial charge on any atom is -0.490 e. The largest absolute Gasteiger partial charge is 0.490 e. The van der Waals surface area contributed by atoms with Crippen molar-refractivity contribution in [1.29, 1.82) is 0 Å². The Labute approximate surface area is 95.2 Å². The molecule has 0 aromatic heterocycles. The minimum absolute atomic E-state index is 0.124. The lowest BCUT2D eigenvalue weighted by Gasteiger charge is -2.15. The lowest BCUT2D eigenvalue weighted by Crippen LogP contribution is -2.12. The third kappa shape index (κ3) is 2.75. The van der Waals surface area contributed by atoms with Crippen LogP contribution in [-0.4, -0.2) is 12.4 Å². The molecule has 0 heterocycles. The Bertz CT molecular complexity index is 438. The van der Waals surface area contributed by atoms with Crippen LogP contribution in [0.3, 0.4) is 0 Å². The maximum absolute atomic E-state index is 13.7. The summed E-state index contributed by atoms with van der Waals surface area (Å²) >= 11 is 0. The van der Waals surface area contributed by atoms with E-state index >= 15 is 0 Å². The smallest absolute Gasteiger partial charge is 0.420 e. The van der Waals surface area contributed by atoms with Crippen molar-refractivity contribution in [3.63, 3.8) is 0 Å². The van der Waals surface area contributed by atoms with Crippen LogP contribution in [0.25, 0.3) is 0 Å². The average Bonchev–Trinajstić information content (AvgIpc) is 2.18. The highest BCUT2D eigenvalue weighted by Gasteiger charge is 2.36. The number of halogens is 4. The number of benzene rings is 1. The molecule has 0 radical (unpaired) electrons. The second kappa shape index (κ2) is 4.73. The lowest BCUT2D eigenvalue weighted by molar-refractivity contribution is -0.139. The van der Waals surface area contributed by atoms with E-state index in [2.05, 4.69) is 4.74 Å². The molecule has 94 valence electrons. The van der Waals surface area contributed by atoms with Gasteiger partial charge in [0.15, 0.2) is 17.3 Å². The average molecular weight is 250 g/mol. The number of carbonyl (C=O) groups excluding carboxylic acids is 1. The fourth-order valence-electron chi connectivity index (χ4n) is 1.34. The molecule has 0 saturated carbocycles. The first-order chi connectivity index (χ1) is 7.79. The molecule has 0 fully saturated rings. The van der Waals surface area contributed by atoms with Crippen molar-refractivity contribution in [2.45, 2.75) is 20.0 Å². The van der Waals surface area contributed by atoms with Gasteiger partial charge in [-0.1, -0.05) is 0 Å². The van der Waals surface area contributed by atoms with Gasteiger partial charge in [0, 0.05) is 0 Å². The summed E-state index contributed by atoms with van der Waals surface area (Å²) in [6, 6.07) is 1.45. The standard InChI is InChI=1S/C11H10F4O2/c1-3-17-10-8(11(13,14)15)5-4-7(6(2)16)9(10)12/h4-5H,3H2,1-2H3. The van der Waals surface area contributed by atoms with E-state index in [1.807, 2.05) is 0 Å². The SMILES string of the molecule is CCOc1c(C(F)(F)F)ccc(C(C)=O)c1F. The minimum atomic E-state index is -4.72. The molecule has 0 saturated heterocycles. The zero-order valence-electron chi connectivity index (χ0n) is 9.19. The van der Waals surface area contributed by atoms with Crippen molar-refractivity contribution >= 4 is 5.78 Å².